The highest BCUT2D eigenvalue weighted by Gasteiger charge is 2.43. The predicted molar refractivity (Wildman–Crippen MR) is 124 cm³/mol. The highest BCUT2D eigenvalue weighted by Crippen LogP contribution is 2.30. The maximum Gasteiger partial charge on any atom is 0.329 e. The largest absolute Gasteiger partial charge is 0.486 e. The molecule has 1 N–H and O–H groups in total. The average molecular weight is 485 g/mol. The number of carbonyl (C=O) groups excluding carboxylic acids is 4. The molecule has 2 aromatic rings. The molecule has 0 spiro atoms. The summed E-state index contributed by atoms with van der Waals surface area (Å²) in [5.41, 5.74) is 0.506. The Morgan fingerprint density at radius 1 is 1.09 bits per heavy atom. The topological polar surface area (TPSA) is 111 Å². The van der Waals surface area contributed by atoms with Gasteiger partial charge < -0.3 is 19.5 Å². The second-order valence-electron chi connectivity index (χ2n) is 7.73. The molecule has 0 bridgehead atoms. The standard InChI is InChI=1S/C24H24N2O7S/c1-34-11-10-18(26-22(28)16-6-2-3-7-17(16)23(26)29)24(30)32-14-21(27)25-12-15-13-31-19-8-4-5-9-20(19)33-15/h2-9,15,18H,10-14H2,1H3,(H,25,27). The fourth-order valence-electron chi connectivity index (χ4n) is 3.75. The van der Waals surface area contributed by atoms with E-state index in [0.29, 0.717) is 17.3 Å². The van der Waals surface area contributed by atoms with E-state index in [4.69, 9.17) is 14.2 Å². The Labute approximate surface area is 200 Å². The van der Waals surface area contributed by atoms with Gasteiger partial charge in [0.25, 0.3) is 17.7 Å². The lowest BCUT2D eigenvalue weighted by molar-refractivity contribution is -0.152. The number of carbonyl (C=O) groups is 4. The molecule has 2 heterocycles. The van der Waals surface area contributed by atoms with Crippen LogP contribution >= 0.6 is 11.8 Å². The van der Waals surface area contributed by atoms with Crippen molar-refractivity contribution in [1.29, 1.82) is 0 Å². The first-order valence-corrected chi connectivity index (χ1v) is 12.2. The van der Waals surface area contributed by atoms with Gasteiger partial charge in [-0.3, -0.25) is 19.3 Å². The third-order valence-electron chi connectivity index (χ3n) is 5.44. The number of benzene rings is 2. The van der Waals surface area contributed by atoms with Crippen LogP contribution in [0.3, 0.4) is 0 Å². The zero-order chi connectivity index (χ0) is 24.1. The van der Waals surface area contributed by atoms with E-state index >= 15 is 0 Å². The Kier molecular flexibility index (Phi) is 7.36. The third-order valence-corrected chi connectivity index (χ3v) is 6.09. The normalized spacial score (nSPS) is 17.2. The number of rotatable bonds is 9. The van der Waals surface area contributed by atoms with E-state index in [1.165, 1.54) is 11.8 Å². The van der Waals surface area contributed by atoms with Crippen LogP contribution in [0.5, 0.6) is 11.5 Å². The molecule has 2 aromatic carbocycles. The number of esters is 1. The van der Waals surface area contributed by atoms with Gasteiger partial charge in [-0.05, 0) is 42.7 Å². The molecule has 2 aliphatic rings. The highest BCUT2D eigenvalue weighted by atomic mass is 32.2. The molecular formula is C24H24N2O7S. The van der Waals surface area contributed by atoms with Crippen LogP contribution < -0.4 is 14.8 Å². The summed E-state index contributed by atoms with van der Waals surface area (Å²) in [4.78, 5) is 51.6. The van der Waals surface area contributed by atoms with Crippen LogP contribution in [0.25, 0.3) is 0 Å². The van der Waals surface area contributed by atoms with Crippen LogP contribution in [0.15, 0.2) is 48.5 Å². The number of nitrogens with zero attached hydrogens (tertiary/aromatic N) is 1. The molecule has 0 saturated carbocycles. The first-order chi connectivity index (χ1) is 16.5. The van der Waals surface area contributed by atoms with Crippen molar-refractivity contribution in [3.05, 3.63) is 59.7 Å². The second-order valence-corrected chi connectivity index (χ2v) is 8.72. The number of fused-ring (bicyclic) bond motifs is 2. The number of hydrogen-bond donors (Lipinski definition) is 1. The summed E-state index contributed by atoms with van der Waals surface area (Å²) in [6.45, 7) is -0.103. The van der Waals surface area contributed by atoms with Crippen molar-refractivity contribution >= 4 is 35.5 Å². The average Bonchev–Trinajstić information content (AvgIpc) is 3.11. The summed E-state index contributed by atoms with van der Waals surface area (Å²) in [6.07, 6.45) is 1.69. The van der Waals surface area contributed by atoms with Crippen LogP contribution in [-0.4, -0.2) is 72.5 Å². The minimum absolute atomic E-state index is 0.166. The van der Waals surface area contributed by atoms with Crippen molar-refractivity contribution in [3.63, 3.8) is 0 Å². The molecule has 0 fully saturated rings. The van der Waals surface area contributed by atoms with Crippen molar-refractivity contribution in [2.45, 2.75) is 18.6 Å². The van der Waals surface area contributed by atoms with Crippen LogP contribution in [0, 0.1) is 0 Å². The summed E-state index contributed by atoms with van der Waals surface area (Å²) in [6, 6.07) is 12.5. The maximum atomic E-state index is 12.8. The number of amides is 3. The molecule has 2 unspecified atom stereocenters. The van der Waals surface area contributed by atoms with Gasteiger partial charge in [0.05, 0.1) is 17.7 Å². The maximum absolute atomic E-state index is 12.8. The van der Waals surface area contributed by atoms with E-state index in [1.807, 2.05) is 18.4 Å². The Morgan fingerprint density at radius 2 is 1.74 bits per heavy atom. The van der Waals surface area contributed by atoms with Gasteiger partial charge >= 0.3 is 5.97 Å². The molecule has 4 rings (SSSR count). The van der Waals surface area contributed by atoms with Crippen molar-refractivity contribution in [2.24, 2.45) is 0 Å². The molecule has 178 valence electrons. The first-order valence-electron chi connectivity index (χ1n) is 10.8. The molecule has 0 saturated heterocycles. The Morgan fingerprint density at radius 3 is 2.41 bits per heavy atom. The monoisotopic (exact) mass is 484 g/mol. The summed E-state index contributed by atoms with van der Waals surface area (Å²) in [5, 5.41) is 2.65. The SMILES string of the molecule is CSCCC(C(=O)OCC(=O)NCC1COc2ccccc2O1)N1C(=O)c2ccccc2C1=O. The van der Waals surface area contributed by atoms with Crippen LogP contribution in [0.4, 0.5) is 0 Å². The minimum Gasteiger partial charge on any atom is -0.486 e. The van der Waals surface area contributed by atoms with E-state index in [9.17, 15) is 19.2 Å². The fraction of sp³-hybridized carbons (Fsp3) is 0.333. The van der Waals surface area contributed by atoms with Gasteiger partial charge in [0, 0.05) is 0 Å². The minimum atomic E-state index is -1.11. The number of thioether (sulfide) groups is 1. The summed E-state index contributed by atoms with van der Waals surface area (Å²) in [7, 11) is 0. The van der Waals surface area contributed by atoms with Gasteiger partial charge in [0.1, 0.15) is 18.8 Å². The zero-order valence-electron chi connectivity index (χ0n) is 18.5. The zero-order valence-corrected chi connectivity index (χ0v) is 19.3. The lowest BCUT2D eigenvalue weighted by Crippen LogP contribution is -2.47. The van der Waals surface area contributed by atoms with E-state index in [-0.39, 0.29) is 36.8 Å². The molecule has 0 aliphatic carbocycles. The van der Waals surface area contributed by atoms with Gasteiger partial charge in [-0.15, -0.1) is 0 Å². The first kappa shape index (κ1) is 23.6. The lowest BCUT2D eigenvalue weighted by atomic mass is 10.1. The number of hydrogen-bond acceptors (Lipinski definition) is 8. The van der Waals surface area contributed by atoms with Crippen LogP contribution in [0.1, 0.15) is 27.1 Å². The molecular weight excluding hydrogens is 460 g/mol. The summed E-state index contributed by atoms with van der Waals surface area (Å²) in [5.74, 6) is -0.641. The third kappa shape index (κ3) is 5.01. The Bertz CT molecular complexity index is 1070. The quantitative estimate of drug-likeness (QED) is 0.424. The number of ether oxygens (including phenoxy) is 3. The van der Waals surface area contributed by atoms with Gasteiger partial charge in [0.2, 0.25) is 0 Å². The number of nitrogens with one attached hydrogen (secondary N) is 1. The molecule has 3 amide bonds. The van der Waals surface area contributed by atoms with Crippen LogP contribution in [0.2, 0.25) is 0 Å². The van der Waals surface area contributed by atoms with E-state index in [2.05, 4.69) is 5.32 Å². The smallest absolute Gasteiger partial charge is 0.329 e. The van der Waals surface area contributed by atoms with Gasteiger partial charge in [-0.2, -0.15) is 11.8 Å². The van der Waals surface area contributed by atoms with Gasteiger partial charge in [-0.25, -0.2) is 4.79 Å². The predicted octanol–water partition coefficient (Wildman–Crippen LogP) is 1.90. The second kappa shape index (κ2) is 10.6. The molecule has 0 aromatic heterocycles. The van der Waals surface area contributed by atoms with Gasteiger partial charge in [0.15, 0.2) is 18.1 Å². The number of para-hydroxylation sites is 2. The van der Waals surface area contributed by atoms with Crippen molar-refractivity contribution in [3.8, 4) is 11.5 Å². The number of imide groups is 1. The van der Waals surface area contributed by atoms with Crippen molar-refractivity contribution in [1.82, 2.24) is 10.2 Å². The van der Waals surface area contributed by atoms with E-state index < -0.39 is 36.3 Å². The summed E-state index contributed by atoms with van der Waals surface area (Å²) >= 11 is 1.47. The van der Waals surface area contributed by atoms with E-state index in [0.717, 1.165) is 4.90 Å². The lowest BCUT2D eigenvalue weighted by Gasteiger charge is -2.26. The fourth-order valence-corrected chi connectivity index (χ4v) is 4.21. The van der Waals surface area contributed by atoms with Crippen molar-refractivity contribution in [2.75, 3.05) is 31.8 Å². The molecule has 2 aliphatic heterocycles. The Hall–Kier alpha value is -3.53. The molecule has 34 heavy (non-hydrogen) atoms. The molecule has 2 atom stereocenters. The molecule has 10 heteroatoms. The van der Waals surface area contributed by atoms with Gasteiger partial charge in [-0.1, -0.05) is 24.3 Å². The summed E-state index contributed by atoms with van der Waals surface area (Å²) < 4.78 is 16.6. The highest BCUT2D eigenvalue weighted by molar-refractivity contribution is 7.98. The Balaban J connectivity index is 1.31. The van der Waals surface area contributed by atoms with E-state index in [1.54, 1.807) is 36.4 Å². The van der Waals surface area contributed by atoms with Crippen molar-refractivity contribution < 1.29 is 33.4 Å². The molecule has 0 radical (unpaired) electrons. The molecule has 9 nitrogen and oxygen atoms in total. The van der Waals surface area contributed by atoms with Crippen LogP contribution in [-0.2, 0) is 14.3 Å².